The number of rotatable bonds is 6. The van der Waals surface area contributed by atoms with E-state index in [0.717, 1.165) is 11.3 Å². The summed E-state index contributed by atoms with van der Waals surface area (Å²) in [7, 11) is 1.84. The molecule has 146 valence electrons. The normalized spacial score (nSPS) is 16.5. The summed E-state index contributed by atoms with van der Waals surface area (Å²) in [6.07, 6.45) is -0.536. The number of ether oxygens (including phenoxy) is 1. The van der Waals surface area contributed by atoms with E-state index in [-0.39, 0.29) is 30.1 Å². The smallest absolute Gasteiger partial charge is 0.263 e. The second-order valence-electron chi connectivity index (χ2n) is 6.63. The van der Waals surface area contributed by atoms with Gasteiger partial charge in [0, 0.05) is 38.6 Å². The summed E-state index contributed by atoms with van der Waals surface area (Å²) < 4.78 is 5.82. The van der Waals surface area contributed by atoms with E-state index in [9.17, 15) is 9.59 Å². The average molecular weight is 384 g/mol. The Morgan fingerprint density at radius 2 is 1.62 bits per heavy atom. The number of hydrogen-bond donors (Lipinski definition) is 1. The molecule has 0 aliphatic carbocycles. The third-order valence-electron chi connectivity index (χ3n) is 4.58. The standard InChI is InChI=1S/C19H29N3O3.ClH/c1-14-7-5-6-8-17(14)25-16(3)19(24)22-11-9-21(10-12-22)18(23)15(2)13-20-4;/h5-8,15-16,20H,9-13H2,1-4H3;1H. The first-order chi connectivity index (χ1) is 11.9. The number of carbonyl (C=O) groups excluding carboxylic acids is 2. The van der Waals surface area contributed by atoms with Crippen molar-refractivity contribution in [3.05, 3.63) is 29.8 Å². The molecule has 0 aromatic heterocycles. The topological polar surface area (TPSA) is 61.9 Å². The summed E-state index contributed by atoms with van der Waals surface area (Å²) in [5, 5.41) is 3.03. The molecule has 2 rings (SSSR count). The number of aryl methyl sites for hydroxylation is 1. The Morgan fingerprint density at radius 1 is 1.08 bits per heavy atom. The van der Waals surface area contributed by atoms with Crippen molar-refractivity contribution in [1.29, 1.82) is 0 Å². The second kappa shape index (κ2) is 10.4. The maximum Gasteiger partial charge on any atom is 0.263 e. The molecule has 1 aromatic carbocycles. The molecule has 2 atom stereocenters. The fourth-order valence-electron chi connectivity index (χ4n) is 3.04. The lowest BCUT2D eigenvalue weighted by atomic mass is 10.1. The average Bonchev–Trinajstić information content (AvgIpc) is 2.62. The lowest BCUT2D eigenvalue weighted by molar-refractivity contribution is -0.145. The number of carbonyl (C=O) groups is 2. The summed E-state index contributed by atoms with van der Waals surface area (Å²) >= 11 is 0. The maximum atomic E-state index is 12.6. The zero-order valence-corrected chi connectivity index (χ0v) is 16.8. The molecular formula is C19H30ClN3O3. The first-order valence-electron chi connectivity index (χ1n) is 8.88. The van der Waals surface area contributed by atoms with Gasteiger partial charge >= 0.3 is 0 Å². The van der Waals surface area contributed by atoms with Crippen molar-refractivity contribution in [3.63, 3.8) is 0 Å². The largest absolute Gasteiger partial charge is 0.481 e. The molecule has 1 aliphatic rings. The monoisotopic (exact) mass is 383 g/mol. The lowest BCUT2D eigenvalue weighted by Crippen LogP contribution is -2.54. The number of halogens is 1. The molecule has 0 spiro atoms. The zero-order chi connectivity index (χ0) is 18.4. The van der Waals surface area contributed by atoms with Crippen LogP contribution in [0.25, 0.3) is 0 Å². The van der Waals surface area contributed by atoms with Gasteiger partial charge in [0.15, 0.2) is 6.10 Å². The van der Waals surface area contributed by atoms with E-state index >= 15 is 0 Å². The molecular weight excluding hydrogens is 354 g/mol. The predicted octanol–water partition coefficient (Wildman–Crippen LogP) is 1.71. The summed E-state index contributed by atoms with van der Waals surface area (Å²) in [6, 6.07) is 7.68. The van der Waals surface area contributed by atoms with Crippen LogP contribution in [0.2, 0.25) is 0 Å². The molecule has 1 aromatic rings. The Hall–Kier alpha value is -1.79. The van der Waals surface area contributed by atoms with Crippen molar-refractivity contribution >= 4 is 24.2 Å². The van der Waals surface area contributed by atoms with E-state index in [1.54, 1.807) is 11.8 Å². The molecule has 26 heavy (non-hydrogen) atoms. The molecule has 2 unspecified atom stereocenters. The number of piperazine rings is 1. The number of hydrogen-bond acceptors (Lipinski definition) is 4. The van der Waals surface area contributed by atoms with E-state index in [0.29, 0.717) is 32.7 Å². The highest BCUT2D eigenvalue weighted by atomic mass is 35.5. The van der Waals surface area contributed by atoms with Gasteiger partial charge in [-0.1, -0.05) is 25.1 Å². The molecule has 0 radical (unpaired) electrons. The third kappa shape index (κ3) is 5.61. The first kappa shape index (κ1) is 22.3. The van der Waals surface area contributed by atoms with Crippen LogP contribution in [0.15, 0.2) is 24.3 Å². The van der Waals surface area contributed by atoms with Crippen LogP contribution in [-0.2, 0) is 9.59 Å². The van der Waals surface area contributed by atoms with Crippen molar-refractivity contribution in [3.8, 4) is 5.75 Å². The Morgan fingerprint density at radius 3 is 2.15 bits per heavy atom. The van der Waals surface area contributed by atoms with Gasteiger partial charge in [0.25, 0.3) is 5.91 Å². The van der Waals surface area contributed by atoms with E-state index in [4.69, 9.17) is 4.74 Å². The Labute approximate surface area is 162 Å². The van der Waals surface area contributed by atoms with E-state index in [1.807, 2.05) is 50.1 Å². The van der Waals surface area contributed by atoms with Gasteiger partial charge in [-0.3, -0.25) is 9.59 Å². The van der Waals surface area contributed by atoms with E-state index in [2.05, 4.69) is 5.32 Å². The minimum Gasteiger partial charge on any atom is -0.481 e. The van der Waals surface area contributed by atoms with Gasteiger partial charge in [0.05, 0.1) is 0 Å². The van der Waals surface area contributed by atoms with Crippen LogP contribution in [0.3, 0.4) is 0 Å². The van der Waals surface area contributed by atoms with Crippen LogP contribution < -0.4 is 10.1 Å². The van der Waals surface area contributed by atoms with E-state index < -0.39 is 6.10 Å². The third-order valence-corrected chi connectivity index (χ3v) is 4.58. The van der Waals surface area contributed by atoms with Gasteiger partial charge in [0.2, 0.25) is 5.91 Å². The molecule has 6 nitrogen and oxygen atoms in total. The zero-order valence-electron chi connectivity index (χ0n) is 16.0. The maximum absolute atomic E-state index is 12.6. The number of nitrogens with zero attached hydrogens (tertiary/aromatic N) is 2. The number of nitrogens with one attached hydrogen (secondary N) is 1. The van der Waals surface area contributed by atoms with Gasteiger partial charge < -0.3 is 19.9 Å². The summed E-state index contributed by atoms with van der Waals surface area (Å²) in [6.45, 7) is 8.60. The van der Waals surface area contributed by atoms with Crippen molar-refractivity contribution < 1.29 is 14.3 Å². The van der Waals surface area contributed by atoms with Crippen molar-refractivity contribution in [1.82, 2.24) is 15.1 Å². The van der Waals surface area contributed by atoms with Crippen LogP contribution in [-0.4, -0.2) is 67.5 Å². The number of benzene rings is 1. The quantitative estimate of drug-likeness (QED) is 0.812. The van der Waals surface area contributed by atoms with Crippen LogP contribution in [0, 0.1) is 12.8 Å². The molecule has 1 aliphatic heterocycles. The minimum atomic E-state index is -0.536. The minimum absolute atomic E-state index is 0. The van der Waals surface area contributed by atoms with Gasteiger partial charge in [-0.05, 0) is 32.5 Å². The van der Waals surface area contributed by atoms with Crippen molar-refractivity contribution in [2.75, 3.05) is 39.8 Å². The van der Waals surface area contributed by atoms with Crippen molar-refractivity contribution in [2.45, 2.75) is 26.9 Å². The summed E-state index contributed by atoms with van der Waals surface area (Å²) in [5.74, 6) is 0.804. The first-order valence-corrected chi connectivity index (χ1v) is 8.88. The SMILES string of the molecule is CNCC(C)C(=O)N1CCN(C(=O)C(C)Oc2ccccc2C)CC1.Cl. The highest BCUT2D eigenvalue weighted by Gasteiger charge is 2.29. The second-order valence-corrected chi connectivity index (χ2v) is 6.63. The molecule has 1 N–H and O–H groups in total. The molecule has 0 bridgehead atoms. The molecule has 1 saturated heterocycles. The van der Waals surface area contributed by atoms with Gasteiger partial charge in [-0.2, -0.15) is 0 Å². The highest BCUT2D eigenvalue weighted by Crippen LogP contribution is 2.19. The molecule has 1 fully saturated rings. The van der Waals surface area contributed by atoms with E-state index in [1.165, 1.54) is 0 Å². The highest BCUT2D eigenvalue weighted by molar-refractivity contribution is 5.85. The van der Waals surface area contributed by atoms with Crippen LogP contribution in [0.5, 0.6) is 5.75 Å². The fourth-order valence-corrected chi connectivity index (χ4v) is 3.04. The Kier molecular flexibility index (Phi) is 8.88. The lowest BCUT2D eigenvalue weighted by Gasteiger charge is -2.37. The molecule has 0 saturated carbocycles. The molecule has 7 heteroatoms. The van der Waals surface area contributed by atoms with Crippen molar-refractivity contribution in [2.24, 2.45) is 5.92 Å². The summed E-state index contributed by atoms with van der Waals surface area (Å²) in [5.41, 5.74) is 1.01. The van der Waals surface area contributed by atoms with Gasteiger partial charge in [-0.25, -0.2) is 0 Å². The molecule has 2 amide bonds. The Bertz CT molecular complexity index is 603. The van der Waals surface area contributed by atoms with Crippen LogP contribution >= 0.6 is 12.4 Å². The number of para-hydroxylation sites is 1. The van der Waals surface area contributed by atoms with Gasteiger partial charge in [-0.15, -0.1) is 12.4 Å². The number of amides is 2. The summed E-state index contributed by atoms with van der Waals surface area (Å²) in [4.78, 5) is 28.6. The molecule has 1 heterocycles. The fraction of sp³-hybridized carbons (Fsp3) is 0.579. The van der Waals surface area contributed by atoms with Crippen LogP contribution in [0.4, 0.5) is 0 Å². The van der Waals surface area contributed by atoms with Gasteiger partial charge in [0.1, 0.15) is 5.75 Å². The van der Waals surface area contributed by atoms with Crippen LogP contribution in [0.1, 0.15) is 19.4 Å². The predicted molar refractivity (Wildman–Crippen MR) is 105 cm³/mol. The Balaban J connectivity index is 0.00000338.